The van der Waals surface area contributed by atoms with Crippen molar-refractivity contribution >= 4 is 0 Å². The first-order valence-electron chi connectivity index (χ1n) is 4.69. The van der Waals surface area contributed by atoms with E-state index in [4.69, 9.17) is 10.00 Å². The highest BCUT2D eigenvalue weighted by molar-refractivity contribution is 4.75. The van der Waals surface area contributed by atoms with Gasteiger partial charge in [0.2, 0.25) is 0 Å². The normalized spacial score (nSPS) is 12.9. The quantitative estimate of drug-likeness (QED) is 0.612. The van der Waals surface area contributed by atoms with Crippen LogP contribution in [0.3, 0.4) is 0 Å². The van der Waals surface area contributed by atoms with Crippen LogP contribution in [0.4, 0.5) is 0 Å². The van der Waals surface area contributed by atoms with Gasteiger partial charge in [-0.25, -0.2) is 0 Å². The standard InChI is InChI=1S/C10H19NO/c1-4-10(5-7-11)12-8-6-9(2)3/h9-10H,4-6,8H2,1-3H3. The van der Waals surface area contributed by atoms with Crippen molar-refractivity contribution in [3.8, 4) is 6.07 Å². The van der Waals surface area contributed by atoms with Crippen molar-refractivity contribution < 1.29 is 4.74 Å². The Morgan fingerprint density at radius 3 is 2.50 bits per heavy atom. The smallest absolute Gasteiger partial charge is 0.0702 e. The molecule has 0 N–H and O–H groups in total. The zero-order chi connectivity index (χ0) is 9.40. The van der Waals surface area contributed by atoms with Crippen LogP contribution >= 0.6 is 0 Å². The summed E-state index contributed by atoms with van der Waals surface area (Å²) in [5.74, 6) is 0.685. The number of ether oxygens (including phenoxy) is 1. The molecule has 1 unspecified atom stereocenters. The molecule has 0 aromatic heterocycles. The second kappa shape index (κ2) is 7.12. The molecule has 0 heterocycles. The molecule has 2 heteroatoms. The second-order valence-electron chi connectivity index (χ2n) is 3.45. The minimum atomic E-state index is 0.147. The van der Waals surface area contributed by atoms with Crippen LogP contribution in [0.2, 0.25) is 0 Å². The van der Waals surface area contributed by atoms with Crippen LogP contribution in [-0.4, -0.2) is 12.7 Å². The van der Waals surface area contributed by atoms with Crippen LogP contribution in [0.1, 0.15) is 40.0 Å². The van der Waals surface area contributed by atoms with E-state index in [1.807, 2.05) is 0 Å². The molecule has 12 heavy (non-hydrogen) atoms. The van der Waals surface area contributed by atoms with Gasteiger partial charge in [-0.2, -0.15) is 5.26 Å². The molecule has 0 spiro atoms. The Labute approximate surface area is 75.5 Å². The Morgan fingerprint density at radius 2 is 2.08 bits per heavy atom. The van der Waals surface area contributed by atoms with Crippen LogP contribution in [-0.2, 0) is 4.74 Å². The third-order valence-corrected chi connectivity index (χ3v) is 1.82. The SMILES string of the molecule is CCC(CC#N)OCCC(C)C. The molecule has 0 aliphatic carbocycles. The molecule has 0 aromatic carbocycles. The van der Waals surface area contributed by atoms with E-state index in [9.17, 15) is 0 Å². The van der Waals surface area contributed by atoms with E-state index in [2.05, 4.69) is 26.8 Å². The van der Waals surface area contributed by atoms with Crippen molar-refractivity contribution in [1.82, 2.24) is 0 Å². The first kappa shape index (κ1) is 11.4. The van der Waals surface area contributed by atoms with Gasteiger partial charge in [0.1, 0.15) is 0 Å². The minimum Gasteiger partial charge on any atom is -0.377 e. The van der Waals surface area contributed by atoms with Gasteiger partial charge in [0.15, 0.2) is 0 Å². The summed E-state index contributed by atoms with van der Waals surface area (Å²) in [4.78, 5) is 0. The largest absolute Gasteiger partial charge is 0.377 e. The van der Waals surface area contributed by atoms with Gasteiger partial charge in [-0.3, -0.25) is 0 Å². The molecule has 70 valence electrons. The maximum atomic E-state index is 8.45. The highest BCUT2D eigenvalue weighted by atomic mass is 16.5. The number of rotatable bonds is 6. The molecule has 2 nitrogen and oxygen atoms in total. The molecule has 0 amide bonds. The van der Waals surface area contributed by atoms with Crippen LogP contribution < -0.4 is 0 Å². The third kappa shape index (κ3) is 6.18. The van der Waals surface area contributed by atoms with Gasteiger partial charge in [0, 0.05) is 6.61 Å². The number of nitrogens with zero attached hydrogens (tertiary/aromatic N) is 1. The Kier molecular flexibility index (Phi) is 6.79. The summed E-state index contributed by atoms with van der Waals surface area (Å²) in [5, 5.41) is 8.45. The van der Waals surface area contributed by atoms with E-state index in [-0.39, 0.29) is 6.10 Å². The summed E-state index contributed by atoms with van der Waals surface area (Å²) in [5.41, 5.74) is 0. The van der Waals surface area contributed by atoms with Crippen LogP contribution in [0.25, 0.3) is 0 Å². The summed E-state index contributed by atoms with van der Waals surface area (Å²) < 4.78 is 5.52. The van der Waals surface area contributed by atoms with Crippen molar-refractivity contribution in [2.45, 2.75) is 46.1 Å². The molecular formula is C10H19NO. The first-order chi connectivity index (χ1) is 5.70. The fraction of sp³-hybridized carbons (Fsp3) is 0.900. The first-order valence-corrected chi connectivity index (χ1v) is 4.69. The summed E-state index contributed by atoms with van der Waals surface area (Å²) in [7, 11) is 0. The van der Waals surface area contributed by atoms with Crippen molar-refractivity contribution in [3.05, 3.63) is 0 Å². The zero-order valence-corrected chi connectivity index (χ0v) is 8.34. The zero-order valence-electron chi connectivity index (χ0n) is 8.34. The molecule has 0 saturated heterocycles. The molecule has 0 aromatic rings. The van der Waals surface area contributed by atoms with Gasteiger partial charge in [-0.1, -0.05) is 20.8 Å². The molecule has 0 fully saturated rings. The summed E-state index contributed by atoms with van der Waals surface area (Å²) in [6.07, 6.45) is 2.69. The highest BCUT2D eigenvalue weighted by Crippen LogP contribution is 2.06. The van der Waals surface area contributed by atoms with Crippen molar-refractivity contribution in [2.24, 2.45) is 5.92 Å². The predicted octanol–water partition coefficient (Wildman–Crippen LogP) is 2.74. The Balaban J connectivity index is 3.39. The van der Waals surface area contributed by atoms with E-state index in [0.717, 1.165) is 19.4 Å². The van der Waals surface area contributed by atoms with E-state index < -0.39 is 0 Å². The molecule has 0 radical (unpaired) electrons. The molecule has 0 rings (SSSR count). The lowest BCUT2D eigenvalue weighted by Crippen LogP contribution is -2.12. The lowest BCUT2D eigenvalue weighted by Gasteiger charge is -2.13. The highest BCUT2D eigenvalue weighted by Gasteiger charge is 2.05. The van der Waals surface area contributed by atoms with Gasteiger partial charge in [-0.15, -0.1) is 0 Å². The summed E-state index contributed by atoms with van der Waals surface area (Å²) in [6.45, 7) is 7.19. The molecule has 0 aliphatic heterocycles. The topological polar surface area (TPSA) is 33.0 Å². The Morgan fingerprint density at radius 1 is 1.42 bits per heavy atom. The van der Waals surface area contributed by atoms with E-state index in [1.165, 1.54) is 0 Å². The molecule has 0 bridgehead atoms. The number of hydrogen-bond donors (Lipinski definition) is 0. The predicted molar refractivity (Wildman–Crippen MR) is 49.7 cm³/mol. The average Bonchev–Trinajstić information content (AvgIpc) is 2.02. The maximum Gasteiger partial charge on any atom is 0.0702 e. The summed E-state index contributed by atoms with van der Waals surface area (Å²) >= 11 is 0. The Hall–Kier alpha value is -0.550. The van der Waals surface area contributed by atoms with Crippen molar-refractivity contribution in [3.63, 3.8) is 0 Å². The fourth-order valence-electron chi connectivity index (χ4n) is 0.893. The van der Waals surface area contributed by atoms with E-state index >= 15 is 0 Å². The summed E-state index contributed by atoms with van der Waals surface area (Å²) in [6, 6.07) is 2.13. The Bertz CT molecular complexity index is 137. The van der Waals surface area contributed by atoms with Gasteiger partial charge in [0.25, 0.3) is 0 Å². The third-order valence-electron chi connectivity index (χ3n) is 1.82. The van der Waals surface area contributed by atoms with Gasteiger partial charge < -0.3 is 4.74 Å². The van der Waals surface area contributed by atoms with Crippen LogP contribution in [0, 0.1) is 17.2 Å². The monoisotopic (exact) mass is 169 g/mol. The van der Waals surface area contributed by atoms with Gasteiger partial charge in [0.05, 0.1) is 18.6 Å². The van der Waals surface area contributed by atoms with Gasteiger partial charge >= 0.3 is 0 Å². The second-order valence-corrected chi connectivity index (χ2v) is 3.45. The van der Waals surface area contributed by atoms with Crippen molar-refractivity contribution in [1.29, 1.82) is 5.26 Å². The average molecular weight is 169 g/mol. The van der Waals surface area contributed by atoms with E-state index in [1.54, 1.807) is 0 Å². The fourth-order valence-corrected chi connectivity index (χ4v) is 0.893. The lowest BCUT2D eigenvalue weighted by molar-refractivity contribution is 0.0472. The van der Waals surface area contributed by atoms with E-state index in [0.29, 0.717) is 12.3 Å². The molecule has 0 aliphatic rings. The number of hydrogen-bond acceptors (Lipinski definition) is 2. The minimum absolute atomic E-state index is 0.147. The van der Waals surface area contributed by atoms with Gasteiger partial charge in [-0.05, 0) is 18.8 Å². The maximum absolute atomic E-state index is 8.45. The van der Waals surface area contributed by atoms with Crippen molar-refractivity contribution in [2.75, 3.05) is 6.61 Å². The molecule has 0 saturated carbocycles. The lowest BCUT2D eigenvalue weighted by atomic mass is 10.1. The molecular weight excluding hydrogens is 150 g/mol. The van der Waals surface area contributed by atoms with Crippen LogP contribution in [0.15, 0.2) is 0 Å². The number of nitriles is 1. The van der Waals surface area contributed by atoms with Crippen LogP contribution in [0.5, 0.6) is 0 Å². The molecule has 1 atom stereocenters.